The number of aromatic hydroxyl groups is 1. The lowest BCUT2D eigenvalue weighted by Crippen LogP contribution is -2.00. The number of hydrogen-bond donors (Lipinski definition) is 1. The van der Waals surface area contributed by atoms with Crippen LogP contribution in [0.3, 0.4) is 0 Å². The molecular weight excluding hydrogens is 240 g/mol. The zero-order chi connectivity index (χ0) is 12.8. The molecule has 0 atom stereocenters. The molecule has 1 rings (SSSR count). The molecule has 92 valence electrons. The van der Waals surface area contributed by atoms with Gasteiger partial charge in [-0.05, 0) is 30.2 Å². The molecule has 0 saturated carbocycles. The van der Waals surface area contributed by atoms with Gasteiger partial charge in [0.1, 0.15) is 5.75 Å². The third-order valence-corrected chi connectivity index (χ3v) is 2.74. The van der Waals surface area contributed by atoms with Crippen LogP contribution in [-0.2, 0) is 0 Å². The van der Waals surface area contributed by atoms with Crippen molar-refractivity contribution in [1.82, 2.24) is 0 Å². The molecule has 0 unspecified atom stereocenters. The Labute approximate surface area is 105 Å². The van der Waals surface area contributed by atoms with Crippen molar-refractivity contribution in [2.45, 2.75) is 32.6 Å². The molecule has 1 N–H and O–H groups in total. The average Bonchev–Trinajstić information content (AvgIpc) is 2.28. The van der Waals surface area contributed by atoms with Crippen LogP contribution in [0.25, 0.3) is 0 Å². The number of halogens is 1. The standard InChI is InChI=1S/C13H15ClO3/c1-2-3-4-5-11(15)9-6-7-10(13(14)17)12(16)8-9/h6-8,16H,2-5H2,1H3. The van der Waals surface area contributed by atoms with Gasteiger partial charge in [0.25, 0.3) is 5.24 Å². The summed E-state index contributed by atoms with van der Waals surface area (Å²) in [6.45, 7) is 2.07. The summed E-state index contributed by atoms with van der Waals surface area (Å²) in [6.07, 6.45) is 3.36. The van der Waals surface area contributed by atoms with E-state index in [2.05, 4.69) is 6.92 Å². The van der Waals surface area contributed by atoms with E-state index < -0.39 is 5.24 Å². The summed E-state index contributed by atoms with van der Waals surface area (Å²) in [6, 6.07) is 4.19. The largest absolute Gasteiger partial charge is 0.507 e. The van der Waals surface area contributed by atoms with Crippen LogP contribution in [0.2, 0.25) is 0 Å². The van der Waals surface area contributed by atoms with Gasteiger partial charge < -0.3 is 5.11 Å². The fraction of sp³-hybridized carbons (Fsp3) is 0.385. The van der Waals surface area contributed by atoms with Gasteiger partial charge in [-0.2, -0.15) is 0 Å². The van der Waals surface area contributed by atoms with Gasteiger partial charge in [0.15, 0.2) is 5.78 Å². The van der Waals surface area contributed by atoms with E-state index in [4.69, 9.17) is 11.6 Å². The van der Waals surface area contributed by atoms with E-state index in [1.807, 2.05) is 0 Å². The molecule has 0 aliphatic rings. The highest BCUT2D eigenvalue weighted by Gasteiger charge is 2.12. The van der Waals surface area contributed by atoms with Gasteiger partial charge >= 0.3 is 0 Å². The molecule has 17 heavy (non-hydrogen) atoms. The molecule has 0 radical (unpaired) electrons. The zero-order valence-electron chi connectivity index (χ0n) is 9.70. The van der Waals surface area contributed by atoms with Crippen LogP contribution < -0.4 is 0 Å². The van der Waals surface area contributed by atoms with Crippen LogP contribution in [0.5, 0.6) is 5.75 Å². The summed E-state index contributed by atoms with van der Waals surface area (Å²) in [5.41, 5.74) is 0.442. The number of carbonyl (C=O) groups excluding carboxylic acids is 2. The molecule has 0 aromatic heterocycles. The second kappa shape index (κ2) is 6.40. The van der Waals surface area contributed by atoms with E-state index in [9.17, 15) is 14.7 Å². The van der Waals surface area contributed by atoms with E-state index in [-0.39, 0.29) is 17.1 Å². The number of benzene rings is 1. The summed E-state index contributed by atoms with van der Waals surface area (Å²) < 4.78 is 0. The molecule has 0 fully saturated rings. The Morgan fingerprint density at radius 3 is 2.53 bits per heavy atom. The van der Waals surface area contributed by atoms with Gasteiger partial charge in [-0.1, -0.05) is 25.8 Å². The van der Waals surface area contributed by atoms with Crippen LogP contribution in [0.1, 0.15) is 53.3 Å². The Balaban J connectivity index is 2.76. The minimum atomic E-state index is -0.729. The van der Waals surface area contributed by atoms with Gasteiger partial charge in [0.2, 0.25) is 0 Å². The first kappa shape index (κ1) is 13.7. The third kappa shape index (κ3) is 3.86. The highest BCUT2D eigenvalue weighted by Crippen LogP contribution is 2.21. The summed E-state index contributed by atoms with van der Waals surface area (Å²) >= 11 is 5.26. The fourth-order valence-corrected chi connectivity index (χ4v) is 1.71. The minimum absolute atomic E-state index is 0.0248. The van der Waals surface area contributed by atoms with E-state index in [1.54, 1.807) is 0 Å². The van der Waals surface area contributed by atoms with Crippen LogP contribution in [0.4, 0.5) is 0 Å². The molecule has 0 bridgehead atoms. The van der Waals surface area contributed by atoms with E-state index in [0.717, 1.165) is 19.3 Å². The molecule has 0 saturated heterocycles. The fourth-order valence-electron chi connectivity index (χ4n) is 1.55. The van der Waals surface area contributed by atoms with Crippen molar-refractivity contribution in [3.8, 4) is 5.75 Å². The lowest BCUT2D eigenvalue weighted by Gasteiger charge is -2.03. The van der Waals surface area contributed by atoms with E-state index >= 15 is 0 Å². The Bertz CT molecular complexity index is 427. The number of ketones is 1. The second-order valence-electron chi connectivity index (χ2n) is 3.89. The monoisotopic (exact) mass is 254 g/mol. The maximum atomic E-state index is 11.7. The first-order valence-corrected chi connectivity index (χ1v) is 6.00. The van der Waals surface area contributed by atoms with Crippen molar-refractivity contribution in [2.24, 2.45) is 0 Å². The normalized spacial score (nSPS) is 10.2. The van der Waals surface area contributed by atoms with Crippen LogP contribution in [0, 0.1) is 0 Å². The molecule has 0 amide bonds. The zero-order valence-corrected chi connectivity index (χ0v) is 10.5. The number of Topliss-reactive ketones (excluding diaryl/α,β-unsaturated/α-hetero) is 1. The van der Waals surface area contributed by atoms with Gasteiger partial charge in [-0.25, -0.2) is 0 Å². The van der Waals surface area contributed by atoms with Crippen LogP contribution >= 0.6 is 11.6 Å². The number of unbranched alkanes of at least 4 members (excludes halogenated alkanes) is 2. The van der Waals surface area contributed by atoms with E-state index in [0.29, 0.717) is 12.0 Å². The number of phenols is 1. The maximum absolute atomic E-state index is 11.7. The average molecular weight is 255 g/mol. The van der Waals surface area contributed by atoms with Crippen molar-refractivity contribution in [3.63, 3.8) is 0 Å². The van der Waals surface area contributed by atoms with Gasteiger partial charge in [-0.3, -0.25) is 9.59 Å². The smallest absolute Gasteiger partial charge is 0.256 e. The lowest BCUT2D eigenvalue weighted by molar-refractivity contribution is 0.0977. The molecule has 4 heteroatoms. The number of carbonyl (C=O) groups is 2. The maximum Gasteiger partial charge on any atom is 0.256 e. The summed E-state index contributed by atoms with van der Waals surface area (Å²) in [5.74, 6) is -0.270. The predicted molar refractivity (Wildman–Crippen MR) is 66.8 cm³/mol. The Kier molecular flexibility index (Phi) is 5.16. The quantitative estimate of drug-likeness (QED) is 0.480. The molecule has 0 spiro atoms. The first-order valence-electron chi connectivity index (χ1n) is 5.62. The highest BCUT2D eigenvalue weighted by molar-refractivity contribution is 6.68. The molecule has 0 aliphatic carbocycles. The van der Waals surface area contributed by atoms with Gasteiger partial charge in [0.05, 0.1) is 5.56 Å². The Morgan fingerprint density at radius 2 is 2.00 bits per heavy atom. The Hall–Kier alpha value is -1.35. The van der Waals surface area contributed by atoms with Crippen LogP contribution in [-0.4, -0.2) is 16.1 Å². The summed E-state index contributed by atoms with van der Waals surface area (Å²) in [5, 5.41) is 8.80. The van der Waals surface area contributed by atoms with Crippen LogP contribution in [0.15, 0.2) is 18.2 Å². The van der Waals surface area contributed by atoms with Crippen molar-refractivity contribution in [2.75, 3.05) is 0 Å². The van der Waals surface area contributed by atoms with Gasteiger partial charge in [-0.15, -0.1) is 0 Å². The number of phenolic OH excluding ortho intramolecular Hbond substituents is 1. The van der Waals surface area contributed by atoms with Crippen molar-refractivity contribution >= 4 is 22.6 Å². The topological polar surface area (TPSA) is 54.4 Å². The molecule has 1 aromatic rings. The van der Waals surface area contributed by atoms with Crippen molar-refractivity contribution in [1.29, 1.82) is 0 Å². The molecule has 1 aromatic carbocycles. The molecular formula is C13H15ClO3. The number of hydrogen-bond acceptors (Lipinski definition) is 3. The lowest BCUT2D eigenvalue weighted by atomic mass is 10.0. The number of rotatable bonds is 6. The Morgan fingerprint density at radius 1 is 1.29 bits per heavy atom. The minimum Gasteiger partial charge on any atom is -0.507 e. The molecule has 3 nitrogen and oxygen atoms in total. The van der Waals surface area contributed by atoms with Gasteiger partial charge in [0, 0.05) is 12.0 Å². The molecule has 0 aliphatic heterocycles. The SMILES string of the molecule is CCCCCC(=O)c1ccc(C(=O)Cl)c(O)c1. The van der Waals surface area contributed by atoms with Crippen molar-refractivity contribution < 1.29 is 14.7 Å². The summed E-state index contributed by atoms with van der Waals surface area (Å²) in [7, 11) is 0. The highest BCUT2D eigenvalue weighted by atomic mass is 35.5. The predicted octanol–water partition coefficient (Wildman–Crippen LogP) is 3.53. The first-order chi connectivity index (χ1) is 8.06. The third-order valence-electron chi connectivity index (χ3n) is 2.54. The molecule has 0 heterocycles. The summed E-state index contributed by atoms with van der Waals surface area (Å²) in [4.78, 5) is 22.6. The second-order valence-corrected chi connectivity index (χ2v) is 4.23. The van der Waals surface area contributed by atoms with Crippen molar-refractivity contribution in [3.05, 3.63) is 29.3 Å². The van der Waals surface area contributed by atoms with E-state index in [1.165, 1.54) is 18.2 Å².